The quantitative estimate of drug-likeness (QED) is 0.629. The second kappa shape index (κ2) is 3.78. The standard InChI is InChI=1S/C8H18N2S/c1-7(2)10-5-4-8(6-10)9(3)11/h7-8,11H,4-6H2,1-3H3. The van der Waals surface area contributed by atoms with Crippen molar-refractivity contribution in [2.24, 2.45) is 0 Å². The van der Waals surface area contributed by atoms with Crippen LogP contribution in [0.3, 0.4) is 0 Å². The lowest BCUT2D eigenvalue weighted by Gasteiger charge is -2.22. The lowest BCUT2D eigenvalue weighted by molar-refractivity contribution is 0.260. The van der Waals surface area contributed by atoms with Crippen LogP contribution in [0.5, 0.6) is 0 Å². The summed E-state index contributed by atoms with van der Waals surface area (Å²) in [7, 11) is 2.04. The maximum atomic E-state index is 4.31. The Kier molecular flexibility index (Phi) is 3.22. The topological polar surface area (TPSA) is 6.48 Å². The van der Waals surface area contributed by atoms with Crippen LogP contribution >= 0.6 is 12.8 Å². The van der Waals surface area contributed by atoms with Gasteiger partial charge in [0.15, 0.2) is 0 Å². The minimum absolute atomic E-state index is 0.653. The van der Waals surface area contributed by atoms with Gasteiger partial charge in [-0.15, -0.1) is 0 Å². The molecule has 1 saturated heterocycles. The van der Waals surface area contributed by atoms with Crippen molar-refractivity contribution in [3.8, 4) is 0 Å². The molecule has 0 N–H and O–H groups in total. The smallest absolute Gasteiger partial charge is 0.0336 e. The average Bonchev–Trinajstić information content (AvgIpc) is 2.33. The number of thiol groups is 1. The molecular formula is C8H18N2S. The van der Waals surface area contributed by atoms with E-state index in [0.29, 0.717) is 12.1 Å². The number of nitrogens with zero attached hydrogens (tertiary/aromatic N) is 2. The van der Waals surface area contributed by atoms with Crippen LogP contribution in [0.4, 0.5) is 0 Å². The fourth-order valence-electron chi connectivity index (χ4n) is 1.54. The highest BCUT2D eigenvalue weighted by atomic mass is 32.1. The van der Waals surface area contributed by atoms with Gasteiger partial charge in [-0.2, -0.15) is 0 Å². The minimum Gasteiger partial charge on any atom is -0.299 e. The molecule has 0 amide bonds. The second-order valence-corrected chi connectivity index (χ2v) is 4.24. The van der Waals surface area contributed by atoms with Crippen LogP contribution in [0.2, 0.25) is 0 Å². The van der Waals surface area contributed by atoms with Crippen molar-refractivity contribution in [3.63, 3.8) is 0 Å². The number of rotatable bonds is 2. The maximum absolute atomic E-state index is 4.31. The molecule has 1 fully saturated rings. The van der Waals surface area contributed by atoms with E-state index in [4.69, 9.17) is 0 Å². The summed E-state index contributed by atoms with van der Waals surface area (Å²) < 4.78 is 2.03. The third kappa shape index (κ3) is 2.36. The lowest BCUT2D eigenvalue weighted by Crippen LogP contribution is -2.32. The van der Waals surface area contributed by atoms with Gasteiger partial charge in [0.05, 0.1) is 0 Å². The van der Waals surface area contributed by atoms with Crippen molar-refractivity contribution >= 4 is 12.8 Å². The van der Waals surface area contributed by atoms with Crippen molar-refractivity contribution in [2.45, 2.75) is 32.4 Å². The molecule has 0 bridgehead atoms. The Labute approximate surface area is 75.1 Å². The summed E-state index contributed by atoms with van der Waals surface area (Å²) in [4.78, 5) is 2.50. The van der Waals surface area contributed by atoms with E-state index in [-0.39, 0.29) is 0 Å². The third-order valence-corrected chi connectivity index (χ3v) is 2.78. The van der Waals surface area contributed by atoms with E-state index >= 15 is 0 Å². The second-order valence-electron chi connectivity index (χ2n) is 3.60. The number of hydrogen-bond acceptors (Lipinski definition) is 3. The highest BCUT2D eigenvalue weighted by Crippen LogP contribution is 2.17. The Morgan fingerprint density at radius 2 is 2.18 bits per heavy atom. The Hall–Kier alpha value is 0.270. The first-order valence-electron chi connectivity index (χ1n) is 4.27. The normalized spacial score (nSPS) is 27.3. The van der Waals surface area contributed by atoms with E-state index in [9.17, 15) is 0 Å². The molecule has 0 spiro atoms. The first-order valence-corrected chi connectivity index (χ1v) is 4.67. The molecule has 0 aliphatic carbocycles. The molecule has 1 atom stereocenters. The van der Waals surface area contributed by atoms with Gasteiger partial charge in [0.1, 0.15) is 0 Å². The highest BCUT2D eigenvalue weighted by molar-refractivity contribution is 7.77. The molecule has 0 aromatic rings. The average molecular weight is 174 g/mol. The molecule has 1 aliphatic rings. The van der Waals surface area contributed by atoms with Gasteiger partial charge in [-0.25, -0.2) is 0 Å². The lowest BCUT2D eigenvalue weighted by atomic mass is 10.3. The van der Waals surface area contributed by atoms with Crippen molar-refractivity contribution < 1.29 is 0 Å². The molecule has 3 heteroatoms. The van der Waals surface area contributed by atoms with Gasteiger partial charge in [-0.05, 0) is 27.3 Å². The van der Waals surface area contributed by atoms with Gasteiger partial charge in [-0.1, -0.05) is 12.8 Å². The summed E-state index contributed by atoms with van der Waals surface area (Å²) in [6.07, 6.45) is 1.26. The molecule has 0 saturated carbocycles. The molecular weight excluding hydrogens is 156 g/mol. The first-order chi connectivity index (χ1) is 5.11. The molecule has 1 aliphatic heterocycles. The van der Waals surface area contributed by atoms with Gasteiger partial charge in [0.25, 0.3) is 0 Å². The fraction of sp³-hybridized carbons (Fsp3) is 1.00. The summed E-state index contributed by atoms with van der Waals surface area (Å²) in [5.41, 5.74) is 0. The third-order valence-electron chi connectivity index (χ3n) is 2.45. The van der Waals surface area contributed by atoms with Gasteiger partial charge in [0.2, 0.25) is 0 Å². The van der Waals surface area contributed by atoms with Gasteiger partial charge < -0.3 is 0 Å². The maximum Gasteiger partial charge on any atom is 0.0336 e. The van der Waals surface area contributed by atoms with E-state index in [0.717, 1.165) is 0 Å². The van der Waals surface area contributed by atoms with Crippen LogP contribution in [-0.2, 0) is 0 Å². The molecule has 11 heavy (non-hydrogen) atoms. The molecule has 1 unspecified atom stereocenters. The van der Waals surface area contributed by atoms with Crippen molar-refractivity contribution in [2.75, 3.05) is 20.1 Å². The van der Waals surface area contributed by atoms with E-state index in [2.05, 4.69) is 31.6 Å². The molecule has 1 rings (SSSR count). The van der Waals surface area contributed by atoms with Gasteiger partial charge in [0, 0.05) is 25.2 Å². The molecule has 0 aromatic carbocycles. The monoisotopic (exact) mass is 174 g/mol. The number of hydrogen-bond donors (Lipinski definition) is 1. The summed E-state index contributed by atoms with van der Waals surface area (Å²) >= 11 is 4.31. The Bertz CT molecular complexity index is 111. The van der Waals surface area contributed by atoms with Gasteiger partial charge >= 0.3 is 0 Å². The minimum atomic E-state index is 0.653. The summed E-state index contributed by atoms with van der Waals surface area (Å²) in [5, 5.41) is 0. The van der Waals surface area contributed by atoms with Crippen LogP contribution in [0.15, 0.2) is 0 Å². The van der Waals surface area contributed by atoms with E-state index in [1.54, 1.807) is 0 Å². The zero-order chi connectivity index (χ0) is 8.43. The fourth-order valence-corrected chi connectivity index (χ4v) is 1.73. The van der Waals surface area contributed by atoms with Crippen molar-refractivity contribution in [1.29, 1.82) is 0 Å². The molecule has 0 aromatic heterocycles. The zero-order valence-electron chi connectivity index (χ0n) is 7.62. The predicted molar refractivity (Wildman–Crippen MR) is 51.9 cm³/mol. The van der Waals surface area contributed by atoms with Crippen LogP contribution in [0.1, 0.15) is 20.3 Å². The number of likely N-dealkylation sites (N-methyl/N-ethyl adjacent to an activating group) is 1. The summed E-state index contributed by atoms with van der Waals surface area (Å²) in [5.74, 6) is 0. The molecule has 66 valence electrons. The zero-order valence-corrected chi connectivity index (χ0v) is 8.51. The summed E-state index contributed by atoms with van der Waals surface area (Å²) in [6, 6.07) is 1.34. The Balaban J connectivity index is 2.35. The van der Waals surface area contributed by atoms with Gasteiger partial charge in [-0.3, -0.25) is 9.21 Å². The predicted octanol–water partition coefficient (Wildman–Crippen LogP) is 1.25. The Morgan fingerprint density at radius 1 is 1.55 bits per heavy atom. The largest absolute Gasteiger partial charge is 0.299 e. The highest BCUT2D eigenvalue weighted by Gasteiger charge is 2.25. The molecule has 0 radical (unpaired) electrons. The van der Waals surface area contributed by atoms with Crippen molar-refractivity contribution in [3.05, 3.63) is 0 Å². The van der Waals surface area contributed by atoms with E-state index in [1.165, 1.54) is 19.5 Å². The van der Waals surface area contributed by atoms with Crippen LogP contribution in [0, 0.1) is 0 Å². The first kappa shape index (κ1) is 9.36. The van der Waals surface area contributed by atoms with Crippen LogP contribution < -0.4 is 0 Å². The SMILES string of the molecule is CC(C)N1CCC(N(C)S)C1. The van der Waals surface area contributed by atoms with E-state index < -0.39 is 0 Å². The molecule has 2 nitrogen and oxygen atoms in total. The molecule has 1 heterocycles. The van der Waals surface area contributed by atoms with Crippen LogP contribution in [0.25, 0.3) is 0 Å². The van der Waals surface area contributed by atoms with Crippen molar-refractivity contribution in [1.82, 2.24) is 9.21 Å². The number of likely N-dealkylation sites (tertiary alicyclic amines) is 1. The van der Waals surface area contributed by atoms with E-state index in [1.807, 2.05) is 11.4 Å². The van der Waals surface area contributed by atoms with Crippen LogP contribution in [-0.4, -0.2) is 41.4 Å². The Morgan fingerprint density at radius 3 is 2.45 bits per heavy atom. The summed E-state index contributed by atoms with van der Waals surface area (Å²) in [6.45, 7) is 6.91.